The number of hydrogen-bond acceptors (Lipinski definition) is 5. The lowest BCUT2D eigenvalue weighted by atomic mass is 9.66. The van der Waals surface area contributed by atoms with Gasteiger partial charge in [-0.25, -0.2) is 18.6 Å². The Morgan fingerprint density at radius 3 is 2.39 bits per heavy atom. The third kappa shape index (κ3) is 5.93. The van der Waals surface area contributed by atoms with E-state index in [2.05, 4.69) is 20.6 Å². The number of carboxylic acids is 1. The van der Waals surface area contributed by atoms with Crippen LogP contribution >= 0.6 is 0 Å². The van der Waals surface area contributed by atoms with Crippen molar-refractivity contribution in [2.24, 2.45) is 5.41 Å². The van der Waals surface area contributed by atoms with Crippen molar-refractivity contribution in [1.29, 1.82) is 0 Å². The fourth-order valence-electron chi connectivity index (χ4n) is 4.42. The molecule has 0 spiro atoms. The van der Waals surface area contributed by atoms with Crippen LogP contribution in [-0.2, 0) is 11.2 Å². The summed E-state index contributed by atoms with van der Waals surface area (Å²) in [5.74, 6) is -4.50. The van der Waals surface area contributed by atoms with E-state index in [0.29, 0.717) is 16.8 Å². The van der Waals surface area contributed by atoms with E-state index >= 15 is 0 Å². The number of anilines is 2. The number of nitrogens with one attached hydrogen (secondary N) is 2. The molecule has 1 aliphatic rings. The topological polar surface area (TPSA) is 121 Å². The first-order valence-corrected chi connectivity index (χ1v) is 11.2. The number of rotatable bonds is 6. The quantitative estimate of drug-likeness (QED) is 0.354. The molecule has 1 unspecified atom stereocenters. The average Bonchev–Trinajstić information content (AvgIpc) is 2.83. The van der Waals surface area contributed by atoms with Crippen LogP contribution in [0.2, 0.25) is 0 Å². The van der Waals surface area contributed by atoms with Gasteiger partial charge in [-0.15, -0.1) is 0 Å². The average molecular weight is 534 g/mol. The van der Waals surface area contributed by atoms with E-state index in [1.807, 2.05) is 0 Å². The first kappa shape index (κ1) is 26.6. The van der Waals surface area contributed by atoms with E-state index in [4.69, 9.17) is 5.11 Å². The van der Waals surface area contributed by atoms with Gasteiger partial charge in [0, 0.05) is 22.9 Å². The lowest BCUT2D eigenvalue weighted by Crippen LogP contribution is -2.41. The number of alkyl halides is 3. The number of nitrogens with zero attached hydrogens (tertiary/aromatic N) is 2. The first-order chi connectivity index (χ1) is 17.8. The van der Waals surface area contributed by atoms with Crippen LogP contribution in [0.3, 0.4) is 0 Å². The van der Waals surface area contributed by atoms with Crippen LogP contribution < -0.4 is 10.6 Å². The van der Waals surface area contributed by atoms with Gasteiger partial charge in [-0.2, -0.15) is 13.2 Å². The van der Waals surface area contributed by atoms with E-state index in [9.17, 15) is 36.3 Å². The lowest BCUT2D eigenvalue weighted by Gasteiger charge is -2.36. The maximum Gasteiger partial charge on any atom is 0.390 e. The number of hydrogen-bond donors (Lipinski definition) is 3. The van der Waals surface area contributed by atoms with Gasteiger partial charge in [-0.3, -0.25) is 19.9 Å². The predicted molar refractivity (Wildman–Crippen MR) is 124 cm³/mol. The summed E-state index contributed by atoms with van der Waals surface area (Å²) in [4.78, 5) is 44.7. The molecule has 4 rings (SSSR count). The smallest absolute Gasteiger partial charge is 0.390 e. The Labute approximate surface area is 211 Å². The number of aliphatic carboxylic acids is 1. The Bertz CT molecular complexity index is 1410. The molecule has 0 radical (unpaired) electrons. The molecule has 2 amide bonds. The van der Waals surface area contributed by atoms with E-state index in [0.717, 1.165) is 12.1 Å². The predicted octanol–water partition coefficient (Wildman–Crippen LogP) is 5.61. The summed E-state index contributed by atoms with van der Waals surface area (Å²) >= 11 is 0. The summed E-state index contributed by atoms with van der Waals surface area (Å²) < 4.78 is 65.9. The van der Waals surface area contributed by atoms with Crippen LogP contribution in [0.5, 0.6) is 0 Å². The van der Waals surface area contributed by atoms with Crippen LogP contribution in [0.1, 0.15) is 35.2 Å². The fourth-order valence-corrected chi connectivity index (χ4v) is 4.42. The van der Waals surface area contributed by atoms with Crippen molar-refractivity contribution in [2.45, 2.75) is 31.9 Å². The van der Waals surface area contributed by atoms with E-state index in [-0.39, 0.29) is 29.9 Å². The van der Waals surface area contributed by atoms with Gasteiger partial charge < -0.3 is 10.4 Å². The molecule has 0 saturated heterocycles. The summed E-state index contributed by atoms with van der Waals surface area (Å²) in [6.45, 7) is 0. The zero-order valence-electron chi connectivity index (χ0n) is 19.4. The molecule has 1 atom stereocenters. The van der Waals surface area contributed by atoms with Crippen LogP contribution in [0.15, 0.2) is 48.8 Å². The summed E-state index contributed by atoms with van der Waals surface area (Å²) in [6.07, 6.45) is -4.80. The van der Waals surface area contributed by atoms with Crippen molar-refractivity contribution >= 4 is 29.3 Å². The highest BCUT2D eigenvalue weighted by Gasteiger charge is 2.50. The Balaban J connectivity index is 1.49. The Hall–Kier alpha value is -4.42. The zero-order valence-corrected chi connectivity index (χ0v) is 19.4. The van der Waals surface area contributed by atoms with E-state index in [1.165, 1.54) is 30.6 Å². The second-order valence-electron chi connectivity index (χ2n) is 8.84. The number of carbonyl (C=O) groups is 3. The molecular weight excluding hydrogens is 515 g/mol. The highest BCUT2D eigenvalue weighted by atomic mass is 19.4. The number of urea groups is 1. The van der Waals surface area contributed by atoms with Crippen LogP contribution in [0.25, 0.3) is 11.3 Å². The zero-order chi connectivity index (χ0) is 27.7. The molecule has 0 fully saturated rings. The normalized spacial score (nSPS) is 17.0. The number of fused-ring (bicyclic) bond motifs is 1. The molecule has 0 saturated carbocycles. The molecule has 0 aliphatic heterocycles. The van der Waals surface area contributed by atoms with Gasteiger partial charge >= 0.3 is 18.2 Å². The lowest BCUT2D eigenvalue weighted by molar-refractivity contribution is -0.160. The Morgan fingerprint density at radius 2 is 1.76 bits per heavy atom. The minimum Gasteiger partial charge on any atom is -0.481 e. The molecule has 1 aromatic heterocycles. The Kier molecular flexibility index (Phi) is 7.11. The van der Waals surface area contributed by atoms with Crippen LogP contribution in [0, 0.1) is 17.0 Å². The maximum absolute atomic E-state index is 13.3. The van der Waals surface area contributed by atoms with E-state index in [1.54, 1.807) is 6.07 Å². The SMILES string of the molecule is O=C(O)CC1(CC(F)(F)F)CCc2cc(-c3cnc(NC(=O)Nc4ccc(F)c(F)c4)cn3)ccc2C1=O. The summed E-state index contributed by atoms with van der Waals surface area (Å²) in [6, 6.07) is 6.44. The number of amides is 2. The molecule has 38 heavy (non-hydrogen) atoms. The number of aryl methyl sites for hydroxylation is 1. The number of aromatic nitrogens is 2. The third-order valence-corrected chi connectivity index (χ3v) is 6.10. The molecule has 0 bridgehead atoms. The maximum atomic E-state index is 13.3. The highest BCUT2D eigenvalue weighted by Crippen LogP contribution is 2.46. The Morgan fingerprint density at radius 1 is 1.00 bits per heavy atom. The largest absolute Gasteiger partial charge is 0.481 e. The first-order valence-electron chi connectivity index (χ1n) is 11.2. The van der Waals surface area contributed by atoms with Gasteiger partial charge in [-0.1, -0.05) is 12.1 Å². The molecule has 8 nitrogen and oxygen atoms in total. The molecule has 1 heterocycles. The van der Waals surface area contributed by atoms with Crippen LogP contribution in [-0.4, -0.2) is 39.0 Å². The van der Waals surface area contributed by atoms with Gasteiger partial charge in [0.05, 0.1) is 36.3 Å². The molecule has 3 N–H and O–H groups in total. The van der Waals surface area contributed by atoms with Crippen molar-refractivity contribution in [3.05, 3.63) is 71.6 Å². The standard InChI is InChI=1S/C25H19F5N4O4/c26-17-4-2-15(8-18(17)27)33-23(38)34-20-11-31-19(10-32-20)14-1-3-16-13(7-14)5-6-24(22(16)37,9-21(35)36)12-25(28,29)30/h1-4,7-8,10-11H,5-6,9,12H2,(H,35,36)(H2,32,33,34,38). The summed E-state index contributed by atoms with van der Waals surface area (Å²) in [5.41, 5.74) is -0.715. The van der Waals surface area contributed by atoms with Crippen molar-refractivity contribution < 1.29 is 41.4 Å². The summed E-state index contributed by atoms with van der Waals surface area (Å²) in [7, 11) is 0. The van der Waals surface area contributed by atoms with Crippen molar-refractivity contribution in [3.8, 4) is 11.3 Å². The fraction of sp³-hybridized carbons (Fsp3) is 0.240. The highest BCUT2D eigenvalue weighted by molar-refractivity contribution is 6.04. The second kappa shape index (κ2) is 10.1. The van der Waals surface area contributed by atoms with Gasteiger partial charge in [0.25, 0.3) is 0 Å². The van der Waals surface area contributed by atoms with E-state index < -0.39 is 53.9 Å². The monoisotopic (exact) mass is 534 g/mol. The van der Waals surface area contributed by atoms with Crippen molar-refractivity contribution in [3.63, 3.8) is 0 Å². The third-order valence-electron chi connectivity index (χ3n) is 6.10. The molecule has 2 aromatic carbocycles. The minimum absolute atomic E-state index is 0.0113. The summed E-state index contributed by atoms with van der Waals surface area (Å²) in [5, 5.41) is 13.9. The van der Waals surface area contributed by atoms with Crippen molar-refractivity contribution in [1.82, 2.24) is 9.97 Å². The number of carboxylic acid groups (broad SMARTS) is 1. The van der Waals surface area contributed by atoms with Crippen molar-refractivity contribution in [2.75, 3.05) is 10.6 Å². The molecular formula is C25H19F5N4O4. The van der Waals surface area contributed by atoms with Gasteiger partial charge in [0.1, 0.15) is 0 Å². The molecule has 198 valence electrons. The van der Waals surface area contributed by atoms with Gasteiger partial charge in [0.15, 0.2) is 23.2 Å². The molecule has 3 aromatic rings. The number of ketones is 1. The molecule has 13 heteroatoms. The number of halogens is 5. The number of benzene rings is 2. The van der Waals surface area contributed by atoms with Gasteiger partial charge in [0.2, 0.25) is 0 Å². The second-order valence-corrected chi connectivity index (χ2v) is 8.84. The minimum atomic E-state index is -4.71. The van der Waals surface area contributed by atoms with Crippen LogP contribution in [0.4, 0.5) is 38.3 Å². The van der Waals surface area contributed by atoms with Gasteiger partial charge in [-0.05, 0) is 36.6 Å². The number of carbonyl (C=O) groups excluding carboxylic acids is 2. The molecule has 1 aliphatic carbocycles. The number of Topliss-reactive ketones (excluding diaryl/α,β-unsaturated/α-hetero) is 1.